The van der Waals surface area contributed by atoms with E-state index in [1.807, 2.05) is 6.20 Å². The molecule has 1 atom stereocenters. The normalized spacial score (nSPS) is 12.4. The van der Waals surface area contributed by atoms with Crippen molar-refractivity contribution < 1.29 is 0 Å². The molecular weight excluding hydrogens is 346 g/mol. The fourth-order valence-electron chi connectivity index (χ4n) is 2.22. The van der Waals surface area contributed by atoms with Gasteiger partial charge in [0.15, 0.2) is 0 Å². The maximum Gasteiger partial charge on any atom is 0.133 e. The van der Waals surface area contributed by atoms with Gasteiger partial charge in [0.2, 0.25) is 0 Å². The van der Waals surface area contributed by atoms with Crippen molar-refractivity contribution in [1.29, 1.82) is 0 Å². The molecule has 2 aromatic heterocycles. The average Bonchev–Trinajstić information content (AvgIpc) is 3.00. The Morgan fingerprint density at radius 3 is 2.95 bits per heavy atom. The second-order valence-corrected chi connectivity index (χ2v) is 7.01. The highest BCUT2D eigenvalue weighted by Crippen LogP contribution is 2.30. The minimum Gasteiger partial charge on any atom is -0.352 e. The van der Waals surface area contributed by atoms with Crippen LogP contribution in [-0.4, -0.2) is 18.6 Å². The molecule has 2 rings (SSSR count). The molecule has 0 bridgehead atoms. The second kappa shape index (κ2) is 7.92. The predicted molar refractivity (Wildman–Crippen MR) is 95.1 cm³/mol. The van der Waals surface area contributed by atoms with Gasteiger partial charge in [-0.25, -0.2) is 4.98 Å². The van der Waals surface area contributed by atoms with E-state index in [0.29, 0.717) is 6.04 Å². The maximum absolute atomic E-state index is 4.63. The van der Waals surface area contributed by atoms with E-state index in [9.17, 15) is 0 Å². The van der Waals surface area contributed by atoms with Crippen LogP contribution in [0.5, 0.6) is 0 Å². The Kier molecular flexibility index (Phi) is 6.21. The molecule has 5 heteroatoms. The molecule has 0 aliphatic heterocycles. The third kappa shape index (κ3) is 4.28. The number of hydrogen-bond acceptors (Lipinski definition) is 4. The molecule has 114 valence electrons. The third-order valence-corrected chi connectivity index (χ3v) is 5.00. The van der Waals surface area contributed by atoms with E-state index in [1.54, 1.807) is 11.3 Å². The van der Waals surface area contributed by atoms with Crippen LogP contribution in [0, 0.1) is 0 Å². The number of nitrogens with one attached hydrogen (secondary N) is 1. The van der Waals surface area contributed by atoms with Gasteiger partial charge in [0, 0.05) is 34.7 Å². The standard InChI is InChI=1S/C16H22BrN3S/c1-4-7-18-10-13-9-14(17)11-19-16(13)20(3)12(2)15-6-5-8-21-15/h5-6,8-9,11-12,18H,4,7,10H2,1-3H3. The van der Waals surface area contributed by atoms with Gasteiger partial charge in [-0.15, -0.1) is 11.3 Å². The summed E-state index contributed by atoms with van der Waals surface area (Å²) in [4.78, 5) is 8.24. The van der Waals surface area contributed by atoms with Crippen LogP contribution in [0.2, 0.25) is 0 Å². The molecule has 2 heterocycles. The summed E-state index contributed by atoms with van der Waals surface area (Å²) < 4.78 is 1.02. The number of anilines is 1. The first-order chi connectivity index (χ1) is 10.1. The SMILES string of the molecule is CCCNCc1cc(Br)cnc1N(C)C(C)c1cccs1. The van der Waals surface area contributed by atoms with Crippen molar-refractivity contribution >= 4 is 33.1 Å². The van der Waals surface area contributed by atoms with Gasteiger partial charge in [0.05, 0.1) is 6.04 Å². The Morgan fingerprint density at radius 2 is 2.29 bits per heavy atom. The van der Waals surface area contributed by atoms with Gasteiger partial charge in [-0.2, -0.15) is 0 Å². The summed E-state index contributed by atoms with van der Waals surface area (Å²) in [6.07, 6.45) is 3.01. The van der Waals surface area contributed by atoms with Crippen LogP contribution < -0.4 is 10.2 Å². The first kappa shape index (κ1) is 16.5. The molecule has 0 aliphatic carbocycles. The number of aromatic nitrogens is 1. The summed E-state index contributed by atoms with van der Waals surface area (Å²) in [5.74, 6) is 1.04. The highest BCUT2D eigenvalue weighted by atomic mass is 79.9. The molecule has 0 amide bonds. The average molecular weight is 368 g/mol. The van der Waals surface area contributed by atoms with Gasteiger partial charge in [0.1, 0.15) is 5.82 Å². The van der Waals surface area contributed by atoms with Crippen molar-refractivity contribution in [3.63, 3.8) is 0 Å². The van der Waals surface area contributed by atoms with Crippen LogP contribution in [0.4, 0.5) is 5.82 Å². The lowest BCUT2D eigenvalue weighted by Gasteiger charge is -2.27. The van der Waals surface area contributed by atoms with E-state index >= 15 is 0 Å². The fraction of sp³-hybridized carbons (Fsp3) is 0.438. The second-order valence-electron chi connectivity index (χ2n) is 5.12. The Labute approximate surface area is 139 Å². The summed E-state index contributed by atoms with van der Waals surface area (Å²) in [5, 5.41) is 5.59. The monoisotopic (exact) mass is 367 g/mol. The third-order valence-electron chi connectivity index (χ3n) is 3.52. The van der Waals surface area contributed by atoms with Crippen molar-refractivity contribution in [3.05, 3.63) is 44.7 Å². The molecule has 0 radical (unpaired) electrons. The van der Waals surface area contributed by atoms with Gasteiger partial charge in [-0.1, -0.05) is 13.0 Å². The zero-order chi connectivity index (χ0) is 15.2. The summed E-state index contributed by atoms with van der Waals surface area (Å²) in [6.45, 7) is 6.27. The lowest BCUT2D eigenvalue weighted by Crippen LogP contribution is -2.25. The van der Waals surface area contributed by atoms with Crippen molar-refractivity contribution in [1.82, 2.24) is 10.3 Å². The summed E-state index contributed by atoms with van der Waals surface area (Å²) in [6, 6.07) is 6.76. The van der Waals surface area contributed by atoms with E-state index < -0.39 is 0 Å². The first-order valence-electron chi connectivity index (χ1n) is 7.24. The number of pyridine rings is 1. The van der Waals surface area contributed by atoms with E-state index in [2.05, 4.69) is 75.6 Å². The van der Waals surface area contributed by atoms with Crippen LogP contribution in [0.15, 0.2) is 34.2 Å². The van der Waals surface area contributed by atoms with Crippen molar-refractivity contribution in [2.75, 3.05) is 18.5 Å². The van der Waals surface area contributed by atoms with Crippen molar-refractivity contribution in [2.45, 2.75) is 32.9 Å². The van der Waals surface area contributed by atoms with Crippen LogP contribution in [0.25, 0.3) is 0 Å². The van der Waals surface area contributed by atoms with E-state index in [0.717, 1.165) is 29.8 Å². The highest BCUT2D eigenvalue weighted by Gasteiger charge is 2.17. The van der Waals surface area contributed by atoms with Gasteiger partial charge in [-0.3, -0.25) is 0 Å². The zero-order valence-corrected chi connectivity index (χ0v) is 15.2. The number of halogens is 1. The van der Waals surface area contributed by atoms with Crippen LogP contribution in [-0.2, 0) is 6.54 Å². The van der Waals surface area contributed by atoms with Gasteiger partial charge in [-0.05, 0) is 53.3 Å². The number of thiophene rings is 1. The zero-order valence-electron chi connectivity index (χ0n) is 12.8. The summed E-state index contributed by atoms with van der Waals surface area (Å²) in [5.41, 5.74) is 1.23. The van der Waals surface area contributed by atoms with Crippen LogP contribution in [0.3, 0.4) is 0 Å². The number of hydrogen-bond donors (Lipinski definition) is 1. The predicted octanol–water partition coefficient (Wildman–Crippen LogP) is 4.60. The lowest BCUT2D eigenvalue weighted by molar-refractivity contribution is 0.665. The van der Waals surface area contributed by atoms with E-state index in [-0.39, 0.29) is 0 Å². The quantitative estimate of drug-likeness (QED) is 0.724. The first-order valence-corrected chi connectivity index (χ1v) is 8.92. The molecule has 0 fully saturated rings. The van der Waals surface area contributed by atoms with Gasteiger partial charge >= 0.3 is 0 Å². The molecule has 1 N–H and O–H groups in total. The Morgan fingerprint density at radius 1 is 1.48 bits per heavy atom. The van der Waals surface area contributed by atoms with Gasteiger partial charge < -0.3 is 10.2 Å². The topological polar surface area (TPSA) is 28.2 Å². The fourth-order valence-corrected chi connectivity index (χ4v) is 3.43. The Hall–Kier alpha value is -0.910. The molecule has 0 spiro atoms. The number of rotatable bonds is 7. The lowest BCUT2D eigenvalue weighted by atomic mass is 10.2. The molecule has 2 aromatic rings. The molecule has 21 heavy (non-hydrogen) atoms. The number of nitrogens with zero attached hydrogens (tertiary/aromatic N) is 2. The molecule has 3 nitrogen and oxygen atoms in total. The molecule has 1 unspecified atom stereocenters. The highest BCUT2D eigenvalue weighted by molar-refractivity contribution is 9.10. The van der Waals surface area contributed by atoms with E-state index in [1.165, 1.54) is 10.4 Å². The van der Waals surface area contributed by atoms with Gasteiger partial charge in [0.25, 0.3) is 0 Å². The largest absolute Gasteiger partial charge is 0.352 e. The smallest absolute Gasteiger partial charge is 0.133 e. The molecule has 0 aromatic carbocycles. The van der Waals surface area contributed by atoms with Crippen molar-refractivity contribution in [3.8, 4) is 0 Å². The van der Waals surface area contributed by atoms with Crippen molar-refractivity contribution in [2.24, 2.45) is 0 Å². The Balaban J connectivity index is 2.21. The van der Waals surface area contributed by atoms with Crippen LogP contribution in [0.1, 0.15) is 36.8 Å². The molecule has 0 saturated heterocycles. The van der Waals surface area contributed by atoms with E-state index in [4.69, 9.17) is 0 Å². The summed E-state index contributed by atoms with van der Waals surface area (Å²) in [7, 11) is 2.12. The molecule has 0 aliphatic rings. The minimum absolute atomic E-state index is 0.323. The summed E-state index contributed by atoms with van der Waals surface area (Å²) >= 11 is 5.31. The Bertz CT molecular complexity index is 557. The molecular formula is C16H22BrN3S. The minimum atomic E-state index is 0.323. The van der Waals surface area contributed by atoms with Crippen LogP contribution >= 0.6 is 27.3 Å². The maximum atomic E-state index is 4.63. The molecule has 0 saturated carbocycles.